The first-order chi connectivity index (χ1) is 5.89. The average molecular weight is 290 g/mol. The number of rotatable bonds is 5. The van der Waals surface area contributed by atoms with Crippen LogP contribution in [-0.4, -0.2) is 12.1 Å². The Balaban J connectivity index is 4.29. The summed E-state index contributed by atoms with van der Waals surface area (Å²) < 4.78 is 24.3. The predicted molar refractivity (Wildman–Crippen MR) is 52.1 cm³/mol. The fraction of sp³-hybridized carbons (Fsp3) is 0.500. The van der Waals surface area contributed by atoms with Gasteiger partial charge in [0.25, 0.3) is 0 Å². The lowest BCUT2D eigenvalue weighted by atomic mass is 11.2. The number of phosphoric acid groups is 1. The largest absolute Gasteiger partial charge is 0.531 e. The normalized spacial score (nSPS) is 15.2. The van der Waals surface area contributed by atoms with Gasteiger partial charge in [0.15, 0.2) is 0 Å². The molecule has 0 spiro atoms. The molecule has 0 fully saturated rings. The summed E-state index contributed by atoms with van der Waals surface area (Å²) in [5, 5.41) is -1.34. The Morgan fingerprint density at radius 3 is 2.31 bits per heavy atom. The molecule has 0 heterocycles. The van der Waals surface area contributed by atoms with Gasteiger partial charge in [0.1, 0.15) is 10.8 Å². The standard InChI is InChI=1S/C4H5Cl4O4P/c1-10-13(9,12-4(7)8)11-2-3(5)6/h2,4H,1H3. The highest BCUT2D eigenvalue weighted by atomic mass is 35.5. The molecule has 4 nitrogen and oxygen atoms in total. The molecule has 0 amide bonds. The maximum atomic E-state index is 11.3. The van der Waals surface area contributed by atoms with Crippen molar-refractivity contribution in [2.45, 2.75) is 5.02 Å². The van der Waals surface area contributed by atoms with Gasteiger partial charge in [0.2, 0.25) is 5.02 Å². The zero-order valence-corrected chi connectivity index (χ0v) is 10.2. The second-order valence-corrected chi connectivity index (χ2v) is 5.21. The van der Waals surface area contributed by atoms with Crippen LogP contribution in [0.5, 0.6) is 0 Å². The molecule has 1 atom stereocenters. The second kappa shape index (κ2) is 6.36. The molecule has 0 aromatic carbocycles. The topological polar surface area (TPSA) is 44.8 Å². The molecule has 0 N–H and O–H groups in total. The third kappa shape index (κ3) is 6.86. The minimum absolute atomic E-state index is 0.249. The zero-order valence-electron chi connectivity index (χ0n) is 6.25. The highest BCUT2D eigenvalue weighted by Crippen LogP contribution is 2.51. The fourth-order valence-electron chi connectivity index (χ4n) is 0.313. The van der Waals surface area contributed by atoms with Crippen molar-refractivity contribution in [2.24, 2.45) is 0 Å². The molecule has 0 rings (SSSR count). The lowest BCUT2D eigenvalue weighted by molar-refractivity contribution is 0.175. The molecule has 0 aromatic heterocycles. The number of hydrogen-bond donors (Lipinski definition) is 0. The third-order valence-corrected chi connectivity index (χ3v) is 2.59. The van der Waals surface area contributed by atoms with Crippen LogP contribution in [0.25, 0.3) is 0 Å². The van der Waals surface area contributed by atoms with Crippen molar-refractivity contribution < 1.29 is 18.1 Å². The van der Waals surface area contributed by atoms with Gasteiger partial charge in [-0.15, -0.1) is 0 Å². The van der Waals surface area contributed by atoms with Crippen LogP contribution in [0.1, 0.15) is 0 Å². The van der Waals surface area contributed by atoms with E-state index in [1.165, 1.54) is 0 Å². The Morgan fingerprint density at radius 2 is 2.00 bits per heavy atom. The predicted octanol–water partition coefficient (Wildman–Crippen LogP) is 3.81. The van der Waals surface area contributed by atoms with E-state index in [9.17, 15) is 4.57 Å². The Labute approximate surface area is 95.2 Å². The van der Waals surface area contributed by atoms with Gasteiger partial charge in [-0.25, -0.2) is 9.09 Å². The lowest BCUT2D eigenvalue weighted by Crippen LogP contribution is -1.97. The summed E-state index contributed by atoms with van der Waals surface area (Å²) in [5.41, 5.74) is 0. The van der Waals surface area contributed by atoms with E-state index >= 15 is 0 Å². The van der Waals surface area contributed by atoms with Gasteiger partial charge in [-0.05, 0) is 0 Å². The molecule has 13 heavy (non-hydrogen) atoms. The van der Waals surface area contributed by atoms with Gasteiger partial charge in [-0.2, -0.15) is 0 Å². The number of phosphoric ester groups is 1. The highest BCUT2D eigenvalue weighted by Gasteiger charge is 2.28. The van der Waals surface area contributed by atoms with E-state index in [-0.39, 0.29) is 4.49 Å². The van der Waals surface area contributed by atoms with Gasteiger partial charge in [-0.1, -0.05) is 46.4 Å². The van der Waals surface area contributed by atoms with Crippen molar-refractivity contribution in [3.05, 3.63) is 10.8 Å². The molecule has 1 unspecified atom stereocenters. The van der Waals surface area contributed by atoms with Crippen LogP contribution >= 0.6 is 54.2 Å². The van der Waals surface area contributed by atoms with E-state index < -0.39 is 12.8 Å². The summed E-state index contributed by atoms with van der Waals surface area (Å²) in [6, 6.07) is 0. The van der Waals surface area contributed by atoms with Gasteiger partial charge in [0, 0.05) is 7.11 Å². The van der Waals surface area contributed by atoms with Crippen molar-refractivity contribution in [1.29, 1.82) is 0 Å². The zero-order chi connectivity index (χ0) is 10.5. The number of alkyl halides is 2. The summed E-state index contributed by atoms with van der Waals surface area (Å²) in [5.74, 6) is 0. The van der Waals surface area contributed by atoms with Crippen LogP contribution in [0.15, 0.2) is 10.8 Å². The molecular weight excluding hydrogens is 285 g/mol. The molecule has 0 aliphatic rings. The van der Waals surface area contributed by atoms with Crippen LogP contribution in [0.4, 0.5) is 0 Å². The molecule has 0 saturated carbocycles. The molecule has 9 heteroatoms. The molecule has 0 bridgehead atoms. The van der Waals surface area contributed by atoms with Crippen LogP contribution < -0.4 is 0 Å². The Hall–Kier alpha value is 0.850. The van der Waals surface area contributed by atoms with E-state index in [4.69, 9.17) is 46.4 Å². The van der Waals surface area contributed by atoms with Gasteiger partial charge < -0.3 is 4.52 Å². The number of hydrogen-bond acceptors (Lipinski definition) is 4. The van der Waals surface area contributed by atoms with Crippen molar-refractivity contribution in [3.63, 3.8) is 0 Å². The van der Waals surface area contributed by atoms with Crippen molar-refractivity contribution in [3.8, 4) is 0 Å². The van der Waals surface area contributed by atoms with Crippen molar-refractivity contribution in [1.82, 2.24) is 0 Å². The first-order valence-corrected chi connectivity index (χ1v) is 5.80. The molecule has 78 valence electrons. The van der Waals surface area contributed by atoms with Gasteiger partial charge >= 0.3 is 7.82 Å². The monoisotopic (exact) mass is 288 g/mol. The van der Waals surface area contributed by atoms with Crippen LogP contribution in [0, 0.1) is 0 Å². The average Bonchev–Trinajstić information content (AvgIpc) is 2.00. The van der Waals surface area contributed by atoms with E-state index in [0.717, 1.165) is 13.4 Å². The molecular formula is C4H5Cl4O4P. The summed E-state index contributed by atoms with van der Waals surface area (Å²) >= 11 is 20.7. The third-order valence-electron chi connectivity index (χ3n) is 0.703. The SMILES string of the molecule is COP(=O)(OC=C(Cl)Cl)OC(Cl)Cl. The molecule has 0 aliphatic heterocycles. The Morgan fingerprint density at radius 1 is 1.46 bits per heavy atom. The molecule has 0 aliphatic carbocycles. The van der Waals surface area contributed by atoms with Gasteiger partial charge in [-0.3, -0.25) is 4.52 Å². The van der Waals surface area contributed by atoms with E-state index in [1.807, 2.05) is 0 Å². The summed E-state index contributed by atoms with van der Waals surface area (Å²) in [6.07, 6.45) is 0.781. The second-order valence-electron chi connectivity index (χ2n) is 1.51. The molecule has 0 aromatic rings. The first kappa shape index (κ1) is 13.8. The summed E-state index contributed by atoms with van der Waals surface area (Å²) in [6.45, 7) is 0. The number of halogens is 4. The molecule has 0 radical (unpaired) electrons. The maximum Gasteiger partial charge on any atom is 0.531 e. The van der Waals surface area contributed by atoms with Crippen molar-refractivity contribution >= 4 is 54.2 Å². The summed E-state index contributed by atoms with van der Waals surface area (Å²) in [7, 11) is -2.73. The lowest BCUT2D eigenvalue weighted by Gasteiger charge is -2.13. The van der Waals surface area contributed by atoms with Gasteiger partial charge in [0.05, 0.1) is 0 Å². The fourth-order valence-corrected chi connectivity index (χ4v) is 1.76. The molecule has 0 saturated heterocycles. The van der Waals surface area contributed by atoms with E-state index in [1.54, 1.807) is 0 Å². The Bertz CT molecular complexity index is 226. The van der Waals surface area contributed by atoms with Crippen molar-refractivity contribution in [2.75, 3.05) is 7.11 Å². The minimum Gasteiger partial charge on any atom is -0.409 e. The van der Waals surface area contributed by atoms with E-state index in [0.29, 0.717) is 0 Å². The Kier molecular flexibility index (Phi) is 6.77. The van der Waals surface area contributed by atoms with Crippen LogP contribution in [0.2, 0.25) is 0 Å². The highest BCUT2D eigenvalue weighted by molar-refractivity contribution is 7.48. The maximum absolute atomic E-state index is 11.3. The first-order valence-electron chi connectivity index (χ1n) is 2.71. The summed E-state index contributed by atoms with van der Waals surface area (Å²) in [4.78, 5) is 0. The van der Waals surface area contributed by atoms with Crippen LogP contribution in [0.3, 0.4) is 0 Å². The van der Waals surface area contributed by atoms with E-state index in [2.05, 4.69) is 13.6 Å². The van der Waals surface area contributed by atoms with Crippen LogP contribution in [-0.2, 0) is 18.1 Å². The quantitative estimate of drug-likeness (QED) is 0.438. The smallest absolute Gasteiger partial charge is 0.409 e. The minimum atomic E-state index is -3.82.